The van der Waals surface area contributed by atoms with Crippen LogP contribution in [0.15, 0.2) is 48.8 Å². The lowest BCUT2D eigenvalue weighted by atomic mass is 9.84. The predicted octanol–water partition coefficient (Wildman–Crippen LogP) is 2.99. The van der Waals surface area contributed by atoms with Crippen molar-refractivity contribution in [3.8, 4) is 5.75 Å². The van der Waals surface area contributed by atoms with Crippen molar-refractivity contribution in [2.24, 2.45) is 0 Å². The summed E-state index contributed by atoms with van der Waals surface area (Å²) in [6.45, 7) is 3.59. The van der Waals surface area contributed by atoms with Crippen LogP contribution >= 0.6 is 0 Å². The van der Waals surface area contributed by atoms with Crippen molar-refractivity contribution in [2.45, 2.75) is 31.5 Å². The first-order valence-electron chi connectivity index (χ1n) is 6.90. The number of benzene rings is 1. The molecule has 4 heteroatoms. The molecule has 0 bridgehead atoms. The third-order valence-corrected chi connectivity index (χ3v) is 3.89. The molecule has 2 heterocycles. The number of ether oxygens (including phenoxy) is 1. The molecule has 1 aliphatic rings. The Balaban J connectivity index is 2.05. The predicted molar refractivity (Wildman–Crippen MR) is 78.0 cm³/mol. The van der Waals surface area contributed by atoms with E-state index in [9.17, 15) is 9.90 Å². The molecular weight excluding hydrogens is 266 g/mol. The van der Waals surface area contributed by atoms with Crippen molar-refractivity contribution in [1.82, 2.24) is 4.98 Å². The highest BCUT2D eigenvalue weighted by molar-refractivity contribution is 5.95. The zero-order valence-corrected chi connectivity index (χ0v) is 12.0. The molecule has 3 rings (SSSR count). The minimum atomic E-state index is -0.823. The summed E-state index contributed by atoms with van der Waals surface area (Å²) in [5.41, 5.74) is 0.962. The van der Waals surface area contributed by atoms with Gasteiger partial charge in [0.2, 0.25) is 0 Å². The van der Waals surface area contributed by atoms with Crippen LogP contribution in [0.5, 0.6) is 5.75 Å². The first-order valence-corrected chi connectivity index (χ1v) is 6.90. The first kappa shape index (κ1) is 13.8. The third kappa shape index (κ3) is 2.43. The van der Waals surface area contributed by atoms with Gasteiger partial charge in [-0.25, -0.2) is 0 Å². The number of aromatic hydroxyl groups is 1. The maximum absolute atomic E-state index is 12.7. The molecular formula is C17H17NO3. The van der Waals surface area contributed by atoms with Gasteiger partial charge in [-0.15, -0.1) is 0 Å². The van der Waals surface area contributed by atoms with Gasteiger partial charge in [-0.05, 0) is 49.2 Å². The fourth-order valence-electron chi connectivity index (χ4n) is 2.78. The fourth-order valence-corrected chi connectivity index (χ4v) is 2.78. The zero-order valence-electron chi connectivity index (χ0n) is 12.0. The Morgan fingerprint density at radius 3 is 2.29 bits per heavy atom. The van der Waals surface area contributed by atoms with E-state index in [2.05, 4.69) is 4.98 Å². The summed E-state index contributed by atoms with van der Waals surface area (Å²) in [6.07, 6.45) is 3.01. The largest absolute Gasteiger partial charge is 0.508 e. The van der Waals surface area contributed by atoms with Crippen LogP contribution in [-0.4, -0.2) is 21.5 Å². The van der Waals surface area contributed by atoms with E-state index in [1.54, 1.807) is 50.5 Å². The Bertz CT molecular complexity index is 649. The maximum atomic E-state index is 12.7. The third-order valence-electron chi connectivity index (χ3n) is 3.89. The van der Waals surface area contributed by atoms with E-state index in [1.165, 1.54) is 0 Å². The average molecular weight is 283 g/mol. The minimum Gasteiger partial charge on any atom is -0.508 e. The summed E-state index contributed by atoms with van der Waals surface area (Å²) in [7, 11) is 0. The topological polar surface area (TPSA) is 59.4 Å². The van der Waals surface area contributed by atoms with Crippen LogP contribution in [-0.2, 0) is 9.53 Å². The number of aromatic nitrogens is 1. The Hall–Kier alpha value is -2.20. The van der Waals surface area contributed by atoms with Crippen molar-refractivity contribution in [3.63, 3.8) is 0 Å². The van der Waals surface area contributed by atoms with Crippen LogP contribution in [0.2, 0.25) is 0 Å². The molecule has 108 valence electrons. The van der Waals surface area contributed by atoms with Gasteiger partial charge < -0.3 is 9.84 Å². The Labute approximate surface area is 123 Å². The van der Waals surface area contributed by atoms with Gasteiger partial charge in [0.15, 0.2) is 5.78 Å². The standard InChI is InChI=1S/C17H17NO3/c1-17(2)16(20)14(11-7-9-18-10-8-11)15(21-17)12-3-5-13(19)6-4-12/h3-10,14-15,19H,1-2H3. The number of hydrogen-bond donors (Lipinski definition) is 1. The van der Waals surface area contributed by atoms with E-state index in [4.69, 9.17) is 4.74 Å². The van der Waals surface area contributed by atoms with Gasteiger partial charge in [-0.3, -0.25) is 9.78 Å². The van der Waals surface area contributed by atoms with E-state index < -0.39 is 5.60 Å². The summed E-state index contributed by atoms with van der Waals surface area (Å²) in [6, 6.07) is 10.5. The molecule has 0 amide bonds. The second kappa shape index (κ2) is 4.97. The second-order valence-corrected chi connectivity index (χ2v) is 5.76. The number of phenols is 1. The van der Waals surface area contributed by atoms with Crippen LogP contribution in [0.3, 0.4) is 0 Å². The van der Waals surface area contributed by atoms with Crippen LogP contribution in [0.25, 0.3) is 0 Å². The SMILES string of the molecule is CC1(C)OC(c2ccc(O)cc2)C(c2ccncc2)C1=O. The number of ketones is 1. The lowest BCUT2D eigenvalue weighted by molar-refractivity contribution is -0.130. The van der Waals surface area contributed by atoms with Gasteiger partial charge in [-0.2, -0.15) is 0 Å². The van der Waals surface area contributed by atoms with E-state index in [1.807, 2.05) is 12.1 Å². The van der Waals surface area contributed by atoms with Crippen LogP contribution in [0.4, 0.5) is 0 Å². The highest BCUT2D eigenvalue weighted by Gasteiger charge is 2.49. The fraction of sp³-hybridized carbons (Fsp3) is 0.294. The molecule has 1 N–H and O–H groups in total. The monoisotopic (exact) mass is 283 g/mol. The van der Waals surface area contributed by atoms with Crippen LogP contribution < -0.4 is 0 Å². The van der Waals surface area contributed by atoms with E-state index in [-0.39, 0.29) is 23.6 Å². The molecule has 4 nitrogen and oxygen atoms in total. The van der Waals surface area contributed by atoms with E-state index in [0.717, 1.165) is 11.1 Å². The average Bonchev–Trinajstić information content (AvgIpc) is 2.71. The molecule has 1 aliphatic heterocycles. The number of rotatable bonds is 2. The second-order valence-electron chi connectivity index (χ2n) is 5.76. The highest BCUT2D eigenvalue weighted by Crippen LogP contribution is 2.46. The number of Topliss-reactive ketones (excluding diaryl/α,β-unsaturated/α-hetero) is 1. The Kier molecular flexibility index (Phi) is 3.26. The molecule has 2 atom stereocenters. The first-order chi connectivity index (χ1) is 9.99. The Morgan fingerprint density at radius 1 is 1.05 bits per heavy atom. The molecule has 1 fully saturated rings. The molecule has 0 saturated carbocycles. The summed E-state index contributed by atoms with van der Waals surface area (Å²) in [5, 5.41) is 9.42. The van der Waals surface area contributed by atoms with Crippen molar-refractivity contribution in [1.29, 1.82) is 0 Å². The molecule has 2 aromatic rings. The smallest absolute Gasteiger partial charge is 0.174 e. The van der Waals surface area contributed by atoms with Gasteiger partial charge in [0.25, 0.3) is 0 Å². The van der Waals surface area contributed by atoms with Gasteiger partial charge >= 0.3 is 0 Å². The number of phenolic OH excluding ortho intramolecular Hbond substituents is 1. The lowest BCUT2D eigenvalue weighted by Crippen LogP contribution is -2.29. The summed E-state index contributed by atoms with van der Waals surface area (Å²) < 4.78 is 6.00. The van der Waals surface area contributed by atoms with Gasteiger partial charge in [0.05, 0.1) is 12.0 Å². The van der Waals surface area contributed by atoms with Crippen molar-refractivity contribution in [2.75, 3.05) is 0 Å². The van der Waals surface area contributed by atoms with E-state index in [0.29, 0.717) is 0 Å². The van der Waals surface area contributed by atoms with Crippen LogP contribution in [0.1, 0.15) is 37.0 Å². The highest BCUT2D eigenvalue weighted by atomic mass is 16.5. The number of carbonyl (C=O) groups is 1. The summed E-state index contributed by atoms with van der Waals surface area (Å²) in [4.78, 5) is 16.7. The molecule has 21 heavy (non-hydrogen) atoms. The van der Waals surface area contributed by atoms with Crippen molar-refractivity contribution in [3.05, 3.63) is 59.9 Å². The molecule has 0 radical (unpaired) electrons. The van der Waals surface area contributed by atoms with Gasteiger partial charge in [0, 0.05) is 12.4 Å². The normalized spacial score (nSPS) is 24.2. The molecule has 1 aromatic carbocycles. The number of hydrogen-bond acceptors (Lipinski definition) is 4. The maximum Gasteiger partial charge on any atom is 0.174 e. The number of carbonyl (C=O) groups excluding carboxylic acids is 1. The van der Waals surface area contributed by atoms with Gasteiger partial charge in [-0.1, -0.05) is 12.1 Å². The van der Waals surface area contributed by atoms with Crippen LogP contribution in [0, 0.1) is 0 Å². The Morgan fingerprint density at radius 2 is 1.67 bits per heavy atom. The molecule has 0 spiro atoms. The summed E-state index contributed by atoms with van der Waals surface area (Å²) in [5.74, 6) is -0.0953. The molecule has 1 aromatic heterocycles. The van der Waals surface area contributed by atoms with Gasteiger partial charge in [0.1, 0.15) is 11.4 Å². The van der Waals surface area contributed by atoms with Crippen molar-refractivity contribution >= 4 is 5.78 Å². The zero-order chi connectivity index (χ0) is 15.0. The lowest BCUT2D eigenvalue weighted by Gasteiger charge is -2.19. The molecule has 0 aliphatic carbocycles. The van der Waals surface area contributed by atoms with Crippen molar-refractivity contribution < 1.29 is 14.6 Å². The number of nitrogens with zero attached hydrogens (tertiary/aromatic N) is 1. The minimum absolute atomic E-state index is 0.0618. The van der Waals surface area contributed by atoms with E-state index >= 15 is 0 Å². The molecule has 2 unspecified atom stereocenters. The number of pyridine rings is 1. The quantitative estimate of drug-likeness (QED) is 0.920. The molecule has 1 saturated heterocycles. The summed E-state index contributed by atoms with van der Waals surface area (Å²) >= 11 is 0.